The lowest BCUT2D eigenvalue weighted by molar-refractivity contribution is -0.140. The van der Waals surface area contributed by atoms with Crippen LogP contribution in [0.25, 0.3) is 0 Å². The standard InChI is InChI=1S/C21H45O4Si2/c1-11-18(8)27(16-17(6)7,19(9)12-2)25-20(22)21(10,13-3)26(23-14-4)24-15-5/h17-19H,11-16H2,1-10H3. The van der Waals surface area contributed by atoms with Gasteiger partial charge in [-0.1, -0.05) is 61.3 Å². The normalized spacial score (nSPS) is 18.8. The van der Waals surface area contributed by atoms with Crippen molar-refractivity contribution in [2.75, 3.05) is 13.2 Å². The van der Waals surface area contributed by atoms with E-state index in [1.807, 2.05) is 27.7 Å². The van der Waals surface area contributed by atoms with E-state index in [0.717, 1.165) is 18.9 Å². The summed E-state index contributed by atoms with van der Waals surface area (Å²) < 4.78 is 18.5. The third kappa shape index (κ3) is 6.69. The molecule has 0 heterocycles. The quantitative estimate of drug-likeness (QED) is 0.304. The van der Waals surface area contributed by atoms with E-state index in [2.05, 4.69) is 41.5 Å². The molecule has 0 bridgehead atoms. The SMILES string of the molecule is CCO[Si](OCC)C(C)(CC)C(=O)O[Si](CC(C)C)(C(C)CC)C(C)CC. The topological polar surface area (TPSA) is 44.8 Å². The van der Waals surface area contributed by atoms with Gasteiger partial charge >= 0.3 is 9.28 Å². The van der Waals surface area contributed by atoms with Crippen molar-refractivity contribution in [3.63, 3.8) is 0 Å². The van der Waals surface area contributed by atoms with Gasteiger partial charge in [-0.05, 0) is 50.2 Å². The van der Waals surface area contributed by atoms with E-state index in [-0.39, 0.29) is 5.97 Å². The molecule has 0 saturated heterocycles. The van der Waals surface area contributed by atoms with E-state index < -0.39 is 22.6 Å². The molecular weight excluding hydrogens is 372 g/mol. The molecule has 1 radical (unpaired) electrons. The molecule has 0 aliphatic heterocycles. The fourth-order valence-electron chi connectivity index (χ4n) is 3.74. The molecule has 3 atom stereocenters. The summed E-state index contributed by atoms with van der Waals surface area (Å²) in [5.41, 5.74) is 0.879. The Balaban J connectivity index is 5.99. The van der Waals surface area contributed by atoms with Crippen LogP contribution in [0.5, 0.6) is 0 Å². The molecule has 0 N–H and O–H groups in total. The molecule has 27 heavy (non-hydrogen) atoms. The largest absolute Gasteiger partial charge is 0.518 e. The smallest absolute Gasteiger partial charge is 0.402 e. The third-order valence-electron chi connectivity index (χ3n) is 6.06. The lowest BCUT2D eigenvalue weighted by Gasteiger charge is -2.44. The molecule has 0 aliphatic carbocycles. The van der Waals surface area contributed by atoms with Gasteiger partial charge in [0.15, 0.2) is 0 Å². The fourth-order valence-corrected chi connectivity index (χ4v) is 11.1. The summed E-state index contributed by atoms with van der Waals surface area (Å²) in [4.78, 5) is 13.6. The molecule has 3 unspecified atom stereocenters. The summed E-state index contributed by atoms with van der Waals surface area (Å²) in [7, 11) is -4.04. The lowest BCUT2D eigenvalue weighted by atomic mass is 10.1. The van der Waals surface area contributed by atoms with Crippen molar-refractivity contribution in [1.29, 1.82) is 0 Å². The minimum Gasteiger partial charge on any atom is -0.518 e. The Bertz CT molecular complexity index is 414. The highest BCUT2D eigenvalue weighted by Gasteiger charge is 2.53. The summed E-state index contributed by atoms with van der Waals surface area (Å²) in [6, 6.07) is 1.02. The highest BCUT2D eigenvalue weighted by Crippen LogP contribution is 2.46. The zero-order chi connectivity index (χ0) is 21.3. The van der Waals surface area contributed by atoms with E-state index in [9.17, 15) is 4.79 Å². The molecule has 0 aliphatic rings. The first-order chi connectivity index (χ1) is 12.6. The second-order valence-corrected chi connectivity index (χ2v) is 15.1. The van der Waals surface area contributed by atoms with Gasteiger partial charge in [0.25, 0.3) is 14.3 Å². The Morgan fingerprint density at radius 2 is 1.37 bits per heavy atom. The highest BCUT2D eigenvalue weighted by molar-refractivity contribution is 6.78. The number of hydrogen-bond donors (Lipinski definition) is 0. The van der Waals surface area contributed by atoms with Crippen molar-refractivity contribution >= 4 is 23.6 Å². The van der Waals surface area contributed by atoms with E-state index in [0.29, 0.717) is 36.6 Å². The molecule has 0 spiro atoms. The van der Waals surface area contributed by atoms with Crippen LogP contribution in [0.2, 0.25) is 22.2 Å². The predicted molar refractivity (Wildman–Crippen MR) is 119 cm³/mol. The minimum atomic E-state index is -2.29. The fraction of sp³-hybridized carbons (Fsp3) is 0.952. The van der Waals surface area contributed by atoms with Crippen LogP contribution in [0, 0.1) is 5.92 Å². The summed E-state index contributed by atoms with van der Waals surface area (Å²) in [5.74, 6) is 0.428. The third-order valence-corrected chi connectivity index (χ3v) is 14.8. The van der Waals surface area contributed by atoms with Crippen LogP contribution in [-0.4, -0.2) is 36.8 Å². The van der Waals surface area contributed by atoms with E-state index >= 15 is 0 Å². The van der Waals surface area contributed by atoms with E-state index in [1.165, 1.54) is 0 Å². The zero-order valence-corrected chi connectivity index (χ0v) is 21.6. The Morgan fingerprint density at radius 1 is 0.926 bits per heavy atom. The lowest BCUT2D eigenvalue weighted by Crippen LogP contribution is -2.53. The maximum absolute atomic E-state index is 13.6. The first kappa shape index (κ1) is 26.8. The number of rotatable bonds is 14. The van der Waals surface area contributed by atoms with Crippen molar-refractivity contribution in [3.8, 4) is 0 Å². The van der Waals surface area contributed by atoms with Crippen molar-refractivity contribution < 1.29 is 18.1 Å². The van der Waals surface area contributed by atoms with Crippen molar-refractivity contribution in [3.05, 3.63) is 0 Å². The molecule has 0 fully saturated rings. The van der Waals surface area contributed by atoms with Crippen LogP contribution < -0.4 is 0 Å². The van der Waals surface area contributed by atoms with Crippen molar-refractivity contribution in [1.82, 2.24) is 0 Å². The zero-order valence-electron chi connectivity index (χ0n) is 19.6. The Kier molecular flexibility index (Phi) is 12.3. The van der Waals surface area contributed by atoms with Gasteiger partial charge < -0.3 is 13.3 Å². The van der Waals surface area contributed by atoms with Gasteiger partial charge in [0, 0.05) is 13.2 Å². The summed E-state index contributed by atoms with van der Waals surface area (Å²) in [6.45, 7) is 22.6. The maximum Gasteiger partial charge on any atom is 0.402 e. The molecule has 0 saturated carbocycles. The van der Waals surface area contributed by atoms with Gasteiger partial charge in [-0.15, -0.1) is 0 Å². The molecule has 0 rings (SSSR count). The predicted octanol–water partition coefficient (Wildman–Crippen LogP) is 6.46. The number of carbonyl (C=O) groups is 1. The van der Waals surface area contributed by atoms with Gasteiger partial charge in [-0.2, -0.15) is 0 Å². The van der Waals surface area contributed by atoms with Crippen LogP contribution >= 0.6 is 0 Å². The first-order valence-electron chi connectivity index (χ1n) is 11.0. The monoisotopic (exact) mass is 417 g/mol. The van der Waals surface area contributed by atoms with Crippen LogP contribution in [0.15, 0.2) is 0 Å². The summed E-state index contributed by atoms with van der Waals surface area (Å²) >= 11 is 0. The average molecular weight is 418 g/mol. The Hall–Kier alpha value is -0.176. The van der Waals surface area contributed by atoms with E-state index in [1.54, 1.807) is 0 Å². The van der Waals surface area contributed by atoms with Crippen LogP contribution in [0.4, 0.5) is 0 Å². The Morgan fingerprint density at radius 3 is 1.67 bits per heavy atom. The molecule has 0 amide bonds. The summed E-state index contributed by atoms with van der Waals surface area (Å²) in [5, 5.41) is -0.688. The van der Waals surface area contributed by atoms with Gasteiger partial charge in [0.05, 0.1) is 0 Å². The van der Waals surface area contributed by atoms with Crippen LogP contribution in [-0.2, 0) is 18.1 Å². The van der Waals surface area contributed by atoms with Gasteiger partial charge in [0.2, 0.25) is 0 Å². The van der Waals surface area contributed by atoms with Crippen LogP contribution in [0.3, 0.4) is 0 Å². The van der Waals surface area contributed by atoms with Gasteiger partial charge in [-0.3, -0.25) is 4.79 Å². The average Bonchev–Trinajstić information content (AvgIpc) is 2.64. The van der Waals surface area contributed by atoms with Gasteiger partial charge in [-0.25, -0.2) is 0 Å². The Labute approximate surface area is 171 Å². The molecule has 161 valence electrons. The second-order valence-electron chi connectivity index (χ2n) is 8.40. The molecule has 0 aromatic carbocycles. The maximum atomic E-state index is 13.6. The molecule has 0 aromatic rings. The van der Waals surface area contributed by atoms with Crippen LogP contribution in [0.1, 0.15) is 88.5 Å². The number of hydrogen-bond acceptors (Lipinski definition) is 4. The van der Waals surface area contributed by atoms with Crippen molar-refractivity contribution in [2.45, 2.75) is 111 Å². The second kappa shape index (κ2) is 12.4. The number of carbonyl (C=O) groups excluding carboxylic acids is 1. The molecular formula is C21H45O4Si2. The van der Waals surface area contributed by atoms with Gasteiger partial charge in [0.1, 0.15) is 5.04 Å². The summed E-state index contributed by atoms with van der Waals surface area (Å²) in [6.07, 6.45) is 2.77. The highest BCUT2D eigenvalue weighted by atomic mass is 28.4. The molecule has 4 nitrogen and oxygen atoms in total. The molecule has 0 aromatic heterocycles. The van der Waals surface area contributed by atoms with Crippen molar-refractivity contribution in [2.24, 2.45) is 5.92 Å². The molecule has 6 heteroatoms. The minimum absolute atomic E-state index is 0.0892. The first-order valence-corrected chi connectivity index (χ1v) is 14.5. The van der Waals surface area contributed by atoms with E-state index in [4.69, 9.17) is 13.3 Å².